The molecule has 0 aliphatic carbocycles. The molecule has 100 valence electrons. The van der Waals surface area contributed by atoms with Crippen LogP contribution in [0, 0.1) is 19.3 Å². The molecule has 1 aromatic rings. The van der Waals surface area contributed by atoms with Crippen LogP contribution in [0.4, 0.5) is 5.69 Å². The number of thioether (sulfide) groups is 1. The number of aliphatic imine (C=N–C) groups is 1. The van der Waals surface area contributed by atoms with Gasteiger partial charge in [0, 0.05) is 5.69 Å². The lowest BCUT2D eigenvalue weighted by atomic mass is 10.1. The number of hydrogen-bond acceptors (Lipinski definition) is 5. The van der Waals surface area contributed by atoms with Gasteiger partial charge in [0.05, 0.1) is 22.9 Å². The monoisotopic (exact) mass is 406 g/mol. The van der Waals surface area contributed by atoms with Gasteiger partial charge in [-0.2, -0.15) is 0 Å². The number of nitrogens with one attached hydrogen (secondary N) is 3. The Bertz CT molecular complexity index is 577. The number of nitrogens with zero attached hydrogens (tertiary/aromatic N) is 1. The van der Waals surface area contributed by atoms with Crippen molar-refractivity contribution in [3.05, 3.63) is 40.2 Å². The van der Waals surface area contributed by atoms with E-state index in [4.69, 9.17) is 17.0 Å². The first-order chi connectivity index (χ1) is 9.02. The van der Waals surface area contributed by atoms with E-state index in [0.29, 0.717) is 21.1 Å². The van der Waals surface area contributed by atoms with E-state index in [0.717, 1.165) is 16.8 Å². The molecule has 2 rings (SSSR count). The Labute approximate surface area is 135 Å². The van der Waals surface area contributed by atoms with Crippen molar-refractivity contribution in [3.8, 4) is 0 Å². The molecule has 0 atom stereocenters. The fraction of sp³-hybridized carbons (Fsp3) is 0.167. The minimum Gasteiger partial charge on any atom is -0.334 e. The summed E-state index contributed by atoms with van der Waals surface area (Å²) in [6, 6.07) is 6.09. The number of benzene rings is 1. The van der Waals surface area contributed by atoms with Gasteiger partial charge in [-0.25, -0.2) is 4.99 Å². The van der Waals surface area contributed by atoms with Crippen molar-refractivity contribution in [3.63, 3.8) is 0 Å². The Hall–Kier alpha value is -0.730. The highest BCUT2D eigenvalue weighted by molar-refractivity contribution is 14.1. The van der Waals surface area contributed by atoms with Gasteiger partial charge >= 0.3 is 0 Å². The Balaban J connectivity index is 2.29. The molecule has 0 unspecified atom stereocenters. The maximum atomic E-state index is 7.87. The highest BCUT2D eigenvalue weighted by Gasteiger charge is 2.22. The van der Waals surface area contributed by atoms with Crippen molar-refractivity contribution in [2.45, 2.75) is 13.8 Å². The van der Waals surface area contributed by atoms with E-state index < -0.39 is 0 Å². The van der Waals surface area contributed by atoms with Crippen LogP contribution in [-0.4, -0.2) is 10.2 Å². The lowest BCUT2D eigenvalue weighted by molar-refractivity contribution is 1.31. The van der Waals surface area contributed by atoms with Crippen LogP contribution in [0.15, 0.2) is 34.0 Å². The summed E-state index contributed by atoms with van der Waals surface area (Å²) in [6.07, 6.45) is 0. The van der Waals surface area contributed by atoms with Crippen LogP contribution in [0.25, 0.3) is 0 Å². The van der Waals surface area contributed by atoms with Gasteiger partial charge < -0.3 is 8.85 Å². The van der Waals surface area contributed by atoms with Gasteiger partial charge in [-0.3, -0.25) is 5.41 Å². The molecule has 0 aromatic heterocycles. The first kappa shape index (κ1) is 14.7. The smallest absolute Gasteiger partial charge is 0.172 e. The molecule has 1 aromatic carbocycles. The maximum Gasteiger partial charge on any atom is 0.172 e. The van der Waals surface area contributed by atoms with E-state index in [1.807, 2.05) is 54.9 Å². The van der Waals surface area contributed by atoms with Crippen molar-refractivity contribution in [2.75, 3.05) is 5.32 Å². The normalized spacial score (nSPS) is 17.3. The fourth-order valence-electron chi connectivity index (χ4n) is 1.69. The number of hydrogen-bond donors (Lipinski definition) is 3. The third-order valence-corrected chi connectivity index (χ3v) is 4.55. The summed E-state index contributed by atoms with van der Waals surface area (Å²) in [4.78, 5) is 4.34. The minimum atomic E-state index is 0.336. The Morgan fingerprint density at radius 3 is 2.58 bits per heavy atom. The Morgan fingerprint density at radius 1 is 1.37 bits per heavy atom. The van der Waals surface area contributed by atoms with Crippen LogP contribution in [-0.2, 0) is 0 Å². The number of aryl methyl sites for hydroxylation is 2. The minimum absolute atomic E-state index is 0.336. The summed E-state index contributed by atoms with van der Waals surface area (Å²) < 4.78 is 2.77. The number of amidine groups is 1. The largest absolute Gasteiger partial charge is 0.334 e. The zero-order chi connectivity index (χ0) is 14.0. The molecule has 0 saturated heterocycles. The summed E-state index contributed by atoms with van der Waals surface area (Å²) >= 11 is 9.15. The number of para-hydroxylation sites is 1. The van der Waals surface area contributed by atoms with Crippen molar-refractivity contribution in [2.24, 2.45) is 4.99 Å². The highest BCUT2D eigenvalue weighted by atomic mass is 127. The molecular formula is C12H12ClIN4S. The second kappa shape index (κ2) is 6.15. The van der Waals surface area contributed by atoms with Crippen molar-refractivity contribution >= 4 is 62.1 Å². The lowest BCUT2D eigenvalue weighted by Gasteiger charge is -2.10. The molecule has 1 aliphatic heterocycles. The van der Waals surface area contributed by atoms with Crippen LogP contribution in [0.1, 0.15) is 11.1 Å². The molecule has 0 saturated carbocycles. The van der Waals surface area contributed by atoms with E-state index in [1.165, 1.54) is 11.8 Å². The SMILES string of the molecule is Cc1cccc(C)c1NC1=N/C(=C(\Cl)NI)C(=N)S1. The molecule has 19 heavy (non-hydrogen) atoms. The summed E-state index contributed by atoms with van der Waals surface area (Å²) in [5, 5.41) is 12.5. The van der Waals surface area contributed by atoms with Crippen LogP contribution >= 0.6 is 46.2 Å². The van der Waals surface area contributed by atoms with Gasteiger partial charge in [-0.1, -0.05) is 29.8 Å². The predicted molar refractivity (Wildman–Crippen MR) is 92.3 cm³/mol. The summed E-state index contributed by atoms with van der Waals surface area (Å²) in [6.45, 7) is 4.08. The van der Waals surface area contributed by atoms with Crippen LogP contribution in [0.3, 0.4) is 0 Å². The molecule has 7 heteroatoms. The Kier molecular flexibility index (Phi) is 4.75. The maximum absolute atomic E-state index is 7.87. The topological polar surface area (TPSA) is 60.3 Å². The van der Waals surface area contributed by atoms with Gasteiger partial charge in [0.1, 0.15) is 15.9 Å². The zero-order valence-electron chi connectivity index (χ0n) is 10.3. The first-order valence-corrected chi connectivity index (χ1v) is 7.75. The van der Waals surface area contributed by atoms with E-state index in [2.05, 4.69) is 13.8 Å². The van der Waals surface area contributed by atoms with E-state index in [-0.39, 0.29) is 0 Å². The van der Waals surface area contributed by atoms with E-state index >= 15 is 0 Å². The van der Waals surface area contributed by atoms with Crippen molar-refractivity contribution in [1.82, 2.24) is 3.53 Å². The lowest BCUT2D eigenvalue weighted by Crippen LogP contribution is -2.08. The summed E-state index contributed by atoms with van der Waals surface area (Å²) in [5.41, 5.74) is 3.78. The van der Waals surface area contributed by atoms with E-state index in [1.54, 1.807) is 0 Å². The highest BCUT2D eigenvalue weighted by Crippen LogP contribution is 2.29. The van der Waals surface area contributed by atoms with Gasteiger partial charge in [0.2, 0.25) is 0 Å². The van der Waals surface area contributed by atoms with Crippen LogP contribution < -0.4 is 8.85 Å². The zero-order valence-corrected chi connectivity index (χ0v) is 14.1. The molecule has 0 fully saturated rings. The summed E-state index contributed by atoms with van der Waals surface area (Å²) in [5.74, 6) is 0. The standard InChI is InChI=1S/C12H12ClIN4S/c1-6-4-3-5-7(2)8(6)16-12-17-9(10(13)18-14)11(15)19-12/h3-5,15,18H,1-2H3,(H,16,17)/b10-9+,15-11?. The predicted octanol–water partition coefficient (Wildman–Crippen LogP) is 4.14. The number of anilines is 1. The van der Waals surface area contributed by atoms with Crippen LogP contribution in [0.2, 0.25) is 0 Å². The molecule has 0 radical (unpaired) electrons. The average Bonchev–Trinajstić information content (AvgIpc) is 2.74. The van der Waals surface area contributed by atoms with Crippen molar-refractivity contribution < 1.29 is 0 Å². The molecule has 1 heterocycles. The molecule has 0 spiro atoms. The molecule has 0 amide bonds. The molecule has 0 bridgehead atoms. The third-order valence-electron chi connectivity index (χ3n) is 2.63. The molecular weight excluding hydrogens is 395 g/mol. The molecule has 1 aliphatic rings. The van der Waals surface area contributed by atoms with E-state index in [9.17, 15) is 0 Å². The number of halogens is 2. The van der Waals surface area contributed by atoms with Crippen LogP contribution in [0.5, 0.6) is 0 Å². The quantitative estimate of drug-likeness (QED) is 0.393. The number of rotatable bonds is 2. The average molecular weight is 407 g/mol. The molecule has 4 nitrogen and oxygen atoms in total. The molecule has 3 N–H and O–H groups in total. The first-order valence-electron chi connectivity index (χ1n) is 5.48. The van der Waals surface area contributed by atoms with Gasteiger partial charge in [0.15, 0.2) is 5.17 Å². The third kappa shape index (κ3) is 3.24. The second-order valence-electron chi connectivity index (χ2n) is 4.00. The van der Waals surface area contributed by atoms with Gasteiger partial charge in [-0.15, -0.1) is 0 Å². The van der Waals surface area contributed by atoms with Crippen molar-refractivity contribution in [1.29, 1.82) is 5.41 Å². The van der Waals surface area contributed by atoms with Gasteiger partial charge in [-0.05, 0) is 36.7 Å². The second-order valence-corrected chi connectivity index (χ2v) is 5.91. The Morgan fingerprint density at radius 2 is 2.00 bits per heavy atom. The fourth-order valence-corrected chi connectivity index (χ4v) is 2.86. The summed E-state index contributed by atoms with van der Waals surface area (Å²) in [7, 11) is 0. The van der Waals surface area contributed by atoms with Gasteiger partial charge in [0.25, 0.3) is 0 Å².